The van der Waals surface area contributed by atoms with Gasteiger partial charge in [0.1, 0.15) is 6.61 Å². The second-order valence-electron chi connectivity index (χ2n) is 2.28. The van der Waals surface area contributed by atoms with Gasteiger partial charge in [-0.25, -0.2) is 4.79 Å². The van der Waals surface area contributed by atoms with E-state index in [4.69, 9.17) is 5.73 Å². The van der Waals surface area contributed by atoms with Gasteiger partial charge >= 0.3 is 6.09 Å². The summed E-state index contributed by atoms with van der Waals surface area (Å²) in [5, 5.41) is 0. The molecule has 0 fully saturated rings. The van der Waals surface area contributed by atoms with Crippen molar-refractivity contribution in [3.63, 3.8) is 0 Å². The zero-order chi connectivity index (χ0) is 9.40. The third-order valence-electron chi connectivity index (χ3n) is 1.32. The molecule has 12 heavy (non-hydrogen) atoms. The number of allylic oxidation sites excluding steroid dienone is 2. The molecule has 2 N–H and O–H groups in total. The topological polar surface area (TPSA) is 52.3 Å². The molecular formula is C9H15NO2. The maximum Gasteiger partial charge on any atom is 0.404 e. The minimum Gasteiger partial charge on any atom is -0.445 e. The lowest BCUT2D eigenvalue weighted by Crippen LogP contribution is -2.14. The zero-order valence-electron chi connectivity index (χ0n) is 7.54. The van der Waals surface area contributed by atoms with E-state index in [1.807, 2.05) is 32.1 Å². The van der Waals surface area contributed by atoms with Crippen LogP contribution in [0.25, 0.3) is 0 Å². The highest BCUT2D eigenvalue weighted by atomic mass is 16.5. The number of amides is 1. The molecule has 0 atom stereocenters. The highest BCUT2D eigenvalue weighted by Crippen LogP contribution is 1.98. The average molecular weight is 169 g/mol. The number of carbonyl (C=O) groups excluding carboxylic acids is 1. The molecular weight excluding hydrogens is 154 g/mol. The summed E-state index contributed by atoms with van der Waals surface area (Å²) in [4.78, 5) is 10.2. The van der Waals surface area contributed by atoms with Gasteiger partial charge in [0.15, 0.2) is 0 Å². The van der Waals surface area contributed by atoms with Gasteiger partial charge < -0.3 is 10.5 Å². The van der Waals surface area contributed by atoms with Crippen molar-refractivity contribution in [2.45, 2.75) is 20.3 Å². The third-order valence-corrected chi connectivity index (χ3v) is 1.32. The maximum absolute atomic E-state index is 10.2. The normalized spacial score (nSPS) is 12.0. The SMILES string of the molecule is C/C=C(\C=C/CC)COC(N)=O. The summed E-state index contributed by atoms with van der Waals surface area (Å²) in [5.41, 5.74) is 5.77. The Balaban J connectivity index is 3.85. The smallest absolute Gasteiger partial charge is 0.404 e. The quantitative estimate of drug-likeness (QED) is 0.654. The van der Waals surface area contributed by atoms with Crippen LogP contribution < -0.4 is 5.73 Å². The van der Waals surface area contributed by atoms with Crippen LogP contribution in [0.5, 0.6) is 0 Å². The summed E-state index contributed by atoms with van der Waals surface area (Å²) in [6, 6.07) is 0. The van der Waals surface area contributed by atoms with Gasteiger partial charge in [0.2, 0.25) is 0 Å². The van der Waals surface area contributed by atoms with E-state index in [0.29, 0.717) is 0 Å². The van der Waals surface area contributed by atoms with Crippen LogP contribution in [0.1, 0.15) is 20.3 Å². The summed E-state index contributed by atoms with van der Waals surface area (Å²) in [6.07, 6.45) is 6.03. The molecule has 0 aromatic heterocycles. The van der Waals surface area contributed by atoms with Gasteiger partial charge in [-0.1, -0.05) is 25.2 Å². The minimum absolute atomic E-state index is 0.252. The second-order valence-corrected chi connectivity index (χ2v) is 2.28. The summed E-state index contributed by atoms with van der Waals surface area (Å²) in [6.45, 7) is 4.18. The molecule has 0 spiro atoms. The van der Waals surface area contributed by atoms with Crippen LogP contribution in [0.15, 0.2) is 23.8 Å². The van der Waals surface area contributed by atoms with Gasteiger partial charge in [0.25, 0.3) is 0 Å². The lowest BCUT2D eigenvalue weighted by Gasteiger charge is -2.00. The van der Waals surface area contributed by atoms with Crippen LogP contribution in [-0.4, -0.2) is 12.7 Å². The Bertz CT molecular complexity index is 195. The Kier molecular flexibility index (Phi) is 5.79. The van der Waals surface area contributed by atoms with Crippen molar-refractivity contribution >= 4 is 6.09 Å². The summed E-state index contributed by atoms with van der Waals surface area (Å²) >= 11 is 0. The fraction of sp³-hybridized carbons (Fsp3) is 0.444. The van der Waals surface area contributed by atoms with E-state index in [1.54, 1.807) is 0 Å². The molecule has 3 nitrogen and oxygen atoms in total. The summed E-state index contributed by atoms with van der Waals surface area (Å²) in [7, 11) is 0. The van der Waals surface area contributed by atoms with Crippen molar-refractivity contribution in [1.82, 2.24) is 0 Å². The van der Waals surface area contributed by atoms with Crippen molar-refractivity contribution in [3.8, 4) is 0 Å². The lowest BCUT2D eigenvalue weighted by atomic mass is 10.2. The van der Waals surface area contributed by atoms with Crippen molar-refractivity contribution in [1.29, 1.82) is 0 Å². The molecule has 3 heteroatoms. The van der Waals surface area contributed by atoms with Gasteiger partial charge in [-0.15, -0.1) is 0 Å². The Morgan fingerprint density at radius 2 is 2.25 bits per heavy atom. The maximum atomic E-state index is 10.2. The van der Waals surface area contributed by atoms with E-state index < -0.39 is 6.09 Å². The second kappa shape index (κ2) is 6.46. The number of hydrogen-bond donors (Lipinski definition) is 1. The Morgan fingerprint density at radius 1 is 1.58 bits per heavy atom. The standard InChI is InChI=1S/C9H15NO2/c1-3-5-6-8(4-2)7-12-9(10)11/h4-6H,3,7H2,1-2H3,(H2,10,11)/b6-5-,8-4+. The van der Waals surface area contributed by atoms with E-state index in [1.165, 1.54) is 0 Å². The van der Waals surface area contributed by atoms with Crippen molar-refractivity contribution < 1.29 is 9.53 Å². The molecule has 0 heterocycles. The molecule has 0 aliphatic rings. The number of nitrogens with two attached hydrogens (primary N) is 1. The Morgan fingerprint density at radius 3 is 2.67 bits per heavy atom. The van der Waals surface area contributed by atoms with E-state index in [-0.39, 0.29) is 6.61 Å². The van der Waals surface area contributed by atoms with E-state index in [2.05, 4.69) is 4.74 Å². The van der Waals surface area contributed by atoms with Crippen LogP contribution >= 0.6 is 0 Å². The van der Waals surface area contributed by atoms with E-state index in [9.17, 15) is 4.79 Å². The minimum atomic E-state index is -0.737. The Hall–Kier alpha value is -1.25. The van der Waals surface area contributed by atoms with Crippen LogP contribution in [0.4, 0.5) is 4.79 Å². The first-order valence-corrected chi connectivity index (χ1v) is 3.94. The molecule has 0 unspecified atom stereocenters. The fourth-order valence-corrected chi connectivity index (χ4v) is 0.651. The van der Waals surface area contributed by atoms with Crippen LogP contribution in [0.3, 0.4) is 0 Å². The van der Waals surface area contributed by atoms with Crippen LogP contribution in [-0.2, 0) is 4.74 Å². The zero-order valence-corrected chi connectivity index (χ0v) is 7.54. The highest BCUT2D eigenvalue weighted by Gasteiger charge is 1.94. The predicted octanol–water partition coefficient (Wildman–Crippen LogP) is 1.99. The van der Waals surface area contributed by atoms with Crippen LogP contribution in [0.2, 0.25) is 0 Å². The first kappa shape index (κ1) is 10.8. The third kappa shape index (κ3) is 5.53. The molecule has 0 aliphatic carbocycles. The van der Waals surface area contributed by atoms with Gasteiger partial charge in [0, 0.05) is 0 Å². The molecule has 0 aliphatic heterocycles. The monoisotopic (exact) mass is 169 g/mol. The van der Waals surface area contributed by atoms with Gasteiger partial charge in [-0.05, 0) is 18.9 Å². The number of hydrogen-bond acceptors (Lipinski definition) is 2. The van der Waals surface area contributed by atoms with Crippen molar-refractivity contribution in [3.05, 3.63) is 23.8 Å². The van der Waals surface area contributed by atoms with Crippen LogP contribution in [0, 0.1) is 0 Å². The number of rotatable bonds is 4. The first-order chi connectivity index (χ1) is 5.70. The average Bonchev–Trinajstić information content (AvgIpc) is 2.05. The predicted molar refractivity (Wildman–Crippen MR) is 48.7 cm³/mol. The van der Waals surface area contributed by atoms with Gasteiger partial charge in [0.05, 0.1) is 0 Å². The largest absolute Gasteiger partial charge is 0.445 e. The molecule has 0 aromatic rings. The molecule has 0 saturated heterocycles. The highest BCUT2D eigenvalue weighted by molar-refractivity contribution is 5.64. The molecule has 0 rings (SSSR count). The summed E-state index contributed by atoms with van der Waals surface area (Å²) in [5.74, 6) is 0. The molecule has 0 radical (unpaired) electrons. The molecule has 1 amide bonds. The molecule has 68 valence electrons. The number of carbonyl (C=O) groups is 1. The Labute approximate surface area is 72.9 Å². The molecule has 0 aromatic carbocycles. The van der Waals surface area contributed by atoms with Gasteiger partial charge in [-0.2, -0.15) is 0 Å². The van der Waals surface area contributed by atoms with Crippen molar-refractivity contribution in [2.75, 3.05) is 6.61 Å². The molecule has 0 saturated carbocycles. The first-order valence-electron chi connectivity index (χ1n) is 3.94. The number of primary amides is 1. The molecule has 0 bridgehead atoms. The van der Waals surface area contributed by atoms with E-state index in [0.717, 1.165) is 12.0 Å². The lowest BCUT2D eigenvalue weighted by molar-refractivity contribution is 0.167. The van der Waals surface area contributed by atoms with E-state index >= 15 is 0 Å². The van der Waals surface area contributed by atoms with Crippen molar-refractivity contribution in [2.24, 2.45) is 5.73 Å². The van der Waals surface area contributed by atoms with Gasteiger partial charge in [-0.3, -0.25) is 0 Å². The summed E-state index contributed by atoms with van der Waals surface area (Å²) < 4.78 is 4.61. The number of ether oxygens (including phenoxy) is 1. The fourth-order valence-electron chi connectivity index (χ4n) is 0.651.